The maximum absolute atomic E-state index is 6.04. The lowest BCUT2D eigenvalue weighted by Crippen LogP contribution is -1.97. The summed E-state index contributed by atoms with van der Waals surface area (Å²) in [5.41, 5.74) is 4.33. The van der Waals surface area contributed by atoms with Crippen LogP contribution in [0.2, 0.25) is 5.02 Å². The van der Waals surface area contributed by atoms with Gasteiger partial charge in [-0.05, 0) is 60.5 Å². The maximum atomic E-state index is 6.04. The van der Waals surface area contributed by atoms with Gasteiger partial charge in [0.2, 0.25) is 5.89 Å². The van der Waals surface area contributed by atoms with Crippen molar-refractivity contribution in [2.45, 2.75) is 71.1 Å². The molecule has 0 spiro atoms. The van der Waals surface area contributed by atoms with Gasteiger partial charge >= 0.3 is 0 Å². The molecule has 1 aromatic heterocycles. The molecule has 0 aliphatic carbocycles. The van der Waals surface area contributed by atoms with Gasteiger partial charge in [0.15, 0.2) is 5.58 Å². The minimum absolute atomic E-state index is 0.593. The average Bonchev–Trinajstić information content (AvgIpc) is 3.35. The fraction of sp³-hybridized carbons (Fsp3) is 0.375. The van der Waals surface area contributed by atoms with E-state index in [1.165, 1.54) is 57.8 Å². The van der Waals surface area contributed by atoms with Gasteiger partial charge < -0.3 is 9.15 Å². The molecule has 0 saturated carbocycles. The van der Waals surface area contributed by atoms with E-state index in [1.54, 1.807) is 0 Å². The van der Waals surface area contributed by atoms with Crippen LogP contribution in [0.5, 0.6) is 5.75 Å². The van der Waals surface area contributed by atoms with Crippen molar-refractivity contribution in [2.24, 2.45) is 4.99 Å². The highest BCUT2D eigenvalue weighted by Gasteiger charge is 2.09. The third kappa shape index (κ3) is 8.75. The number of benzene rings is 3. The lowest BCUT2D eigenvalue weighted by atomic mass is 10.1. The zero-order valence-electron chi connectivity index (χ0n) is 21.8. The number of hydrogen-bond acceptors (Lipinski definition) is 4. The summed E-state index contributed by atoms with van der Waals surface area (Å²) in [5.74, 6) is 1.42. The second-order valence-corrected chi connectivity index (χ2v) is 9.97. The number of nitrogens with zero attached hydrogens (tertiary/aromatic N) is 2. The quantitative estimate of drug-likeness (QED) is 0.116. The number of aromatic nitrogens is 1. The fourth-order valence-corrected chi connectivity index (χ4v) is 4.41. The number of unbranched alkanes of at least 4 members (excludes halogenated alkanes) is 9. The molecule has 0 atom stereocenters. The molecule has 0 aliphatic rings. The van der Waals surface area contributed by atoms with E-state index in [0.29, 0.717) is 10.9 Å². The van der Waals surface area contributed by atoms with E-state index in [0.717, 1.165) is 46.7 Å². The Bertz CT molecular complexity index is 1250. The molecule has 194 valence electrons. The Balaban J connectivity index is 1.22. The smallest absolute Gasteiger partial charge is 0.227 e. The van der Waals surface area contributed by atoms with Crippen LogP contribution in [-0.4, -0.2) is 17.8 Å². The minimum atomic E-state index is 0.593. The van der Waals surface area contributed by atoms with Gasteiger partial charge in [0.25, 0.3) is 0 Å². The van der Waals surface area contributed by atoms with Crippen LogP contribution in [0.1, 0.15) is 76.7 Å². The van der Waals surface area contributed by atoms with Crippen molar-refractivity contribution in [3.05, 3.63) is 77.3 Å². The first-order chi connectivity index (χ1) is 18.2. The SMILES string of the molecule is CCCCCCCCCCCCOc1ccc2nc(-c3ccc(N=Cc4ccc(Cl)cc4)cc3)oc2c1. The summed E-state index contributed by atoms with van der Waals surface area (Å²) in [6.07, 6.45) is 15.0. The Hall–Kier alpha value is -3.11. The lowest BCUT2D eigenvalue weighted by molar-refractivity contribution is 0.304. The van der Waals surface area contributed by atoms with Crippen molar-refractivity contribution >= 4 is 34.6 Å². The van der Waals surface area contributed by atoms with Crippen molar-refractivity contribution < 1.29 is 9.15 Å². The summed E-state index contributed by atoms with van der Waals surface area (Å²) < 4.78 is 12.0. The molecular formula is C32H37ClN2O2. The molecule has 0 saturated heterocycles. The number of fused-ring (bicyclic) bond motifs is 1. The van der Waals surface area contributed by atoms with Crippen molar-refractivity contribution in [2.75, 3.05) is 6.61 Å². The van der Waals surface area contributed by atoms with Crippen LogP contribution < -0.4 is 4.74 Å². The molecule has 0 unspecified atom stereocenters. The molecule has 37 heavy (non-hydrogen) atoms. The van der Waals surface area contributed by atoms with Gasteiger partial charge in [0.1, 0.15) is 11.3 Å². The van der Waals surface area contributed by atoms with Crippen LogP contribution in [0.25, 0.3) is 22.6 Å². The van der Waals surface area contributed by atoms with Crippen molar-refractivity contribution in [1.82, 2.24) is 4.98 Å². The first-order valence-electron chi connectivity index (χ1n) is 13.6. The molecule has 0 amide bonds. The Morgan fingerprint density at radius 1 is 0.811 bits per heavy atom. The Labute approximate surface area is 225 Å². The van der Waals surface area contributed by atoms with Crippen LogP contribution in [0, 0.1) is 0 Å². The first kappa shape index (κ1) is 26.9. The molecule has 4 nitrogen and oxygen atoms in total. The largest absolute Gasteiger partial charge is 0.493 e. The van der Waals surface area contributed by atoms with Gasteiger partial charge in [-0.3, -0.25) is 4.99 Å². The number of halogens is 1. The molecule has 0 bridgehead atoms. The predicted octanol–water partition coefficient (Wildman–Crippen LogP) is 10.2. The van der Waals surface area contributed by atoms with E-state index in [4.69, 9.17) is 20.8 Å². The van der Waals surface area contributed by atoms with Crippen LogP contribution in [0.15, 0.2) is 76.1 Å². The average molecular weight is 517 g/mol. The van der Waals surface area contributed by atoms with Crippen LogP contribution >= 0.6 is 11.6 Å². The molecule has 0 fully saturated rings. The van der Waals surface area contributed by atoms with Crippen molar-refractivity contribution in [1.29, 1.82) is 0 Å². The van der Waals surface area contributed by atoms with E-state index in [1.807, 2.05) is 72.9 Å². The molecule has 3 aromatic carbocycles. The third-order valence-corrected chi connectivity index (χ3v) is 6.73. The number of hydrogen-bond donors (Lipinski definition) is 0. The molecule has 4 rings (SSSR count). The maximum Gasteiger partial charge on any atom is 0.227 e. The van der Waals surface area contributed by atoms with Crippen LogP contribution in [0.4, 0.5) is 5.69 Å². The van der Waals surface area contributed by atoms with Gasteiger partial charge in [0, 0.05) is 22.9 Å². The summed E-state index contributed by atoms with van der Waals surface area (Å²) in [4.78, 5) is 9.17. The number of oxazole rings is 1. The Kier molecular flexibility index (Phi) is 10.6. The zero-order chi connectivity index (χ0) is 25.7. The third-order valence-electron chi connectivity index (χ3n) is 6.47. The van der Waals surface area contributed by atoms with Gasteiger partial charge in [-0.1, -0.05) is 88.4 Å². The van der Waals surface area contributed by atoms with E-state index >= 15 is 0 Å². The molecule has 1 heterocycles. The van der Waals surface area contributed by atoms with Gasteiger partial charge in [-0.2, -0.15) is 0 Å². The minimum Gasteiger partial charge on any atom is -0.493 e. The van der Waals surface area contributed by atoms with E-state index in [9.17, 15) is 0 Å². The topological polar surface area (TPSA) is 47.6 Å². The highest BCUT2D eigenvalue weighted by atomic mass is 35.5. The summed E-state index contributed by atoms with van der Waals surface area (Å²) in [6.45, 7) is 3.01. The summed E-state index contributed by atoms with van der Waals surface area (Å²) in [6, 6.07) is 21.3. The summed E-state index contributed by atoms with van der Waals surface area (Å²) >= 11 is 5.94. The second kappa shape index (κ2) is 14.6. The van der Waals surface area contributed by atoms with E-state index < -0.39 is 0 Å². The van der Waals surface area contributed by atoms with Crippen LogP contribution in [0.3, 0.4) is 0 Å². The molecule has 0 aliphatic heterocycles. The van der Waals surface area contributed by atoms with Gasteiger partial charge in [-0.25, -0.2) is 4.98 Å². The van der Waals surface area contributed by atoms with Crippen LogP contribution in [-0.2, 0) is 0 Å². The second-order valence-electron chi connectivity index (χ2n) is 9.54. The van der Waals surface area contributed by atoms with E-state index in [-0.39, 0.29) is 0 Å². The summed E-state index contributed by atoms with van der Waals surface area (Å²) in [5, 5.41) is 0.715. The van der Waals surface area contributed by atoms with Gasteiger partial charge in [-0.15, -0.1) is 0 Å². The fourth-order valence-electron chi connectivity index (χ4n) is 4.29. The van der Waals surface area contributed by atoms with Gasteiger partial charge in [0.05, 0.1) is 12.3 Å². The lowest BCUT2D eigenvalue weighted by Gasteiger charge is -2.06. The summed E-state index contributed by atoms with van der Waals surface area (Å²) in [7, 11) is 0. The monoisotopic (exact) mass is 516 g/mol. The predicted molar refractivity (Wildman–Crippen MR) is 155 cm³/mol. The zero-order valence-corrected chi connectivity index (χ0v) is 22.6. The number of rotatable bonds is 15. The molecule has 4 aromatic rings. The normalized spacial score (nSPS) is 11.5. The molecular weight excluding hydrogens is 480 g/mol. The Morgan fingerprint density at radius 2 is 1.49 bits per heavy atom. The van der Waals surface area contributed by atoms with E-state index in [2.05, 4.69) is 16.9 Å². The molecule has 5 heteroatoms. The number of ether oxygens (including phenoxy) is 1. The first-order valence-corrected chi connectivity index (χ1v) is 14.0. The number of aliphatic imine (C=N–C) groups is 1. The standard InChI is InChI=1S/C32H37ClN2O2/c1-2-3-4-5-6-7-8-9-10-11-22-36-29-20-21-30-31(23-29)37-32(35-30)26-14-18-28(19-15-26)34-24-25-12-16-27(33)17-13-25/h12-21,23-24H,2-11,22H2,1H3. The van der Waals surface area contributed by atoms with Crippen molar-refractivity contribution in [3.63, 3.8) is 0 Å². The molecule has 0 N–H and O–H groups in total. The highest BCUT2D eigenvalue weighted by Crippen LogP contribution is 2.28. The molecule has 0 radical (unpaired) electrons. The highest BCUT2D eigenvalue weighted by molar-refractivity contribution is 6.30. The Morgan fingerprint density at radius 3 is 2.19 bits per heavy atom. The van der Waals surface area contributed by atoms with Crippen molar-refractivity contribution in [3.8, 4) is 17.2 Å².